The van der Waals surface area contributed by atoms with Crippen molar-refractivity contribution in [3.8, 4) is 0 Å². The Balaban J connectivity index is 1.64. The second-order valence-corrected chi connectivity index (χ2v) is 9.69. The highest BCUT2D eigenvalue weighted by atomic mass is 32.2. The van der Waals surface area contributed by atoms with E-state index in [1.807, 2.05) is 0 Å². The number of carbonyl (C=O) groups excluding carboxylic acids is 5. The molecular weight excluding hydrogens is 544 g/mol. The van der Waals surface area contributed by atoms with Crippen LogP contribution in [0.2, 0.25) is 0 Å². The molecule has 1 fully saturated rings. The first-order valence-corrected chi connectivity index (χ1v) is 13.1. The number of ether oxygens (including phenoxy) is 3. The van der Waals surface area contributed by atoms with Gasteiger partial charge in [-0.25, -0.2) is 14.6 Å². The molecule has 15 nitrogen and oxygen atoms in total. The minimum absolute atomic E-state index is 0.0386. The van der Waals surface area contributed by atoms with Crippen molar-refractivity contribution >= 4 is 63.8 Å². The number of rotatable bonds is 10. The summed E-state index contributed by atoms with van der Waals surface area (Å²) in [5.74, 6) is -2.30. The Morgan fingerprint density at radius 1 is 1.29 bits per heavy atom. The zero-order chi connectivity index (χ0) is 28.0. The van der Waals surface area contributed by atoms with Crippen molar-refractivity contribution in [1.82, 2.24) is 15.2 Å². The van der Waals surface area contributed by atoms with Crippen LogP contribution in [0.5, 0.6) is 0 Å². The van der Waals surface area contributed by atoms with Crippen molar-refractivity contribution in [2.24, 2.45) is 10.9 Å². The van der Waals surface area contributed by atoms with Gasteiger partial charge in [0.2, 0.25) is 12.2 Å². The first kappa shape index (κ1) is 28.9. The molecule has 2 aliphatic rings. The highest BCUT2D eigenvalue weighted by Crippen LogP contribution is 2.38. The van der Waals surface area contributed by atoms with E-state index in [0.29, 0.717) is 5.75 Å². The summed E-state index contributed by atoms with van der Waals surface area (Å²) in [7, 11) is 1.24. The number of anilines is 1. The van der Waals surface area contributed by atoms with Crippen molar-refractivity contribution in [2.45, 2.75) is 44.5 Å². The van der Waals surface area contributed by atoms with Crippen molar-refractivity contribution < 1.29 is 43.0 Å². The average Bonchev–Trinajstić information content (AvgIpc) is 3.32. The van der Waals surface area contributed by atoms with E-state index in [4.69, 9.17) is 20.0 Å². The summed E-state index contributed by atoms with van der Waals surface area (Å²) in [6, 6.07) is -1.74. The van der Waals surface area contributed by atoms with Gasteiger partial charge in [-0.1, -0.05) is 5.16 Å². The van der Waals surface area contributed by atoms with Crippen LogP contribution >= 0.6 is 23.1 Å². The molecule has 1 aromatic heterocycles. The second-order valence-electron chi connectivity index (χ2n) is 7.68. The molecule has 2 aliphatic heterocycles. The first-order chi connectivity index (χ1) is 18.1. The lowest BCUT2D eigenvalue weighted by atomic mass is 10.0. The predicted octanol–water partition coefficient (Wildman–Crippen LogP) is 0.125. The zero-order valence-electron chi connectivity index (χ0n) is 20.8. The Hall–Kier alpha value is -3.70. The average molecular weight is 571 g/mol. The molecule has 0 aromatic carbocycles. The third kappa shape index (κ3) is 6.59. The van der Waals surface area contributed by atoms with Crippen LogP contribution in [0.3, 0.4) is 0 Å². The van der Waals surface area contributed by atoms with Gasteiger partial charge in [-0.05, 0) is 19.9 Å². The van der Waals surface area contributed by atoms with Gasteiger partial charge in [0, 0.05) is 18.1 Å². The number of esters is 1. The first-order valence-electron chi connectivity index (χ1n) is 11.2. The second kappa shape index (κ2) is 12.7. The van der Waals surface area contributed by atoms with E-state index in [1.165, 1.54) is 49.1 Å². The topological polar surface area (TPSA) is 201 Å². The number of β-lactam (4-membered cyclic amide) rings is 1. The van der Waals surface area contributed by atoms with Crippen LogP contribution in [0.25, 0.3) is 0 Å². The number of carbonyl (C=O) groups is 5. The van der Waals surface area contributed by atoms with E-state index in [1.54, 1.807) is 6.92 Å². The smallest absolute Gasteiger partial charge is 0.435 e. The fraction of sp³-hybridized carbons (Fsp3) is 0.476. The maximum absolute atomic E-state index is 13.0. The van der Waals surface area contributed by atoms with E-state index in [2.05, 4.69) is 25.5 Å². The summed E-state index contributed by atoms with van der Waals surface area (Å²) in [6.07, 6.45) is -0.753. The van der Waals surface area contributed by atoms with Gasteiger partial charge in [-0.3, -0.25) is 19.3 Å². The molecule has 1 saturated heterocycles. The van der Waals surface area contributed by atoms with E-state index < -0.39 is 53.6 Å². The molecule has 0 saturated carbocycles. The molecule has 0 radical (unpaired) electrons. The van der Waals surface area contributed by atoms with Gasteiger partial charge < -0.3 is 35.4 Å². The highest BCUT2D eigenvalue weighted by Gasteiger charge is 2.53. The minimum Gasteiger partial charge on any atom is -0.435 e. The SMILES string of the molecule is CCOC(=O)OC(C)OC(=O)C1=CCS[C@@H]2[C@H](NC(=O)/C(=N\OC)c3csc(NC(=O)[C@H](C)N)n3)C(=O)N12. The maximum Gasteiger partial charge on any atom is 0.511 e. The summed E-state index contributed by atoms with van der Waals surface area (Å²) in [4.78, 5) is 71.9. The summed E-state index contributed by atoms with van der Waals surface area (Å²) in [5.41, 5.74) is 5.38. The molecule has 17 heteroatoms. The third-order valence-electron chi connectivity index (χ3n) is 4.93. The lowest BCUT2D eigenvalue weighted by Crippen LogP contribution is -2.70. The number of nitrogens with two attached hydrogens (primary N) is 1. The van der Waals surface area contributed by atoms with Gasteiger partial charge in [0.05, 0.1) is 12.6 Å². The van der Waals surface area contributed by atoms with Crippen LogP contribution < -0.4 is 16.4 Å². The molecule has 4 N–H and O–H groups in total. The van der Waals surface area contributed by atoms with Gasteiger partial charge >= 0.3 is 12.1 Å². The number of thiazole rings is 1. The number of nitrogens with one attached hydrogen (secondary N) is 2. The molecule has 0 bridgehead atoms. The van der Waals surface area contributed by atoms with E-state index >= 15 is 0 Å². The predicted molar refractivity (Wildman–Crippen MR) is 135 cm³/mol. The Morgan fingerprint density at radius 3 is 2.68 bits per heavy atom. The van der Waals surface area contributed by atoms with Gasteiger partial charge in [0.15, 0.2) is 10.8 Å². The number of fused-ring (bicyclic) bond motifs is 1. The molecule has 38 heavy (non-hydrogen) atoms. The normalized spacial score (nSPS) is 20.1. The molecule has 3 rings (SSSR count). The van der Waals surface area contributed by atoms with Crippen molar-refractivity contribution in [3.63, 3.8) is 0 Å². The van der Waals surface area contributed by atoms with Crippen LogP contribution in [0.1, 0.15) is 26.5 Å². The number of amides is 3. The summed E-state index contributed by atoms with van der Waals surface area (Å²) < 4.78 is 14.5. The molecule has 206 valence electrons. The van der Waals surface area contributed by atoms with Crippen LogP contribution in [0, 0.1) is 0 Å². The molecule has 3 heterocycles. The van der Waals surface area contributed by atoms with Crippen LogP contribution in [0.15, 0.2) is 22.3 Å². The number of aromatic nitrogens is 1. The summed E-state index contributed by atoms with van der Waals surface area (Å²) in [5, 5.41) is 9.90. The van der Waals surface area contributed by atoms with E-state index in [0.717, 1.165) is 11.3 Å². The minimum atomic E-state index is -1.25. The molecule has 1 unspecified atom stereocenters. The van der Waals surface area contributed by atoms with Crippen LogP contribution in [0.4, 0.5) is 9.93 Å². The zero-order valence-corrected chi connectivity index (χ0v) is 22.4. The van der Waals surface area contributed by atoms with E-state index in [-0.39, 0.29) is 28.8 Å². The fourth-order valence-corrected chi connectivity index (χ4v) is 5.11. The number of nitrogens with zero attached hydrogens (tertiary/aromatic N) is 3. The molecule has 1 aromatic rings. The van der Waals surface area contributed by atoms with E-state index in [9.17, 15) is 24.0 Å². The van der Waals surface area contributed by atoms with Gasteiger partial charge in [-0.2, -0.15) is 0 Å². The Labute approximate surface area is 225 Å². The molecule has 0 aliphatic carbocycles. The molecule has 3 amide bonds. The standard InChI is InChI=1S/C21H26N6O9S2/c1-5-34-21(32)36-10(3)35-19(31)12-6-7-37-18-14(17(30)27(12)18)24-16(29)13(26-33-4)11-8-38-20(23-11)25-15(28)9(2)22/h6,8-10,14,18H,5,7,22H2,1-4H3,(H,24,29)(H,23,25,28)/b26-13-/t9-,10?,14+,18+/m0/s1. The maximum atomic E-state index is 13.0. The number of hydrogen-bond acceptors (Lipinski definition) is 14. The quantitative estimate of drug-likeness (QED) is 0.113. The lowest BCUT2D eigenvalue weighted by molar-refractivity contribution is -0.168. The number of hydrogen-bond donors (Lipinski definition) is 3. The Bertz CT molecular complexity index is 1170. The molecule has 4 atom stereocenters. The van der Waals surface area contributed by atoms with Crippen molar-refractivity contribution in [3.05, 3.63) is 22.8 Å². The molecule has 0 spiro atoms. The Kier molecular flexibility index (Phi) is 9.65. The highest BCUT2D eigenvalue weighted by molar-refractivity contribution is 8.00. The van der Waals surface area contributed by atoms with Crippen molar-refractivity contribution in [1.29, 1.82) is 0 Å². The fourth-order valence-electron chi connectivity index (χ4n) is 3.22. The monoisotopic (exact) mass is 570 g/mol. The Morgan fingerprint density at radius 2 is 2.03 bits per heavy atom. The largest absolute Gasteiger partial charge is 0.511 e. The van der Waals surface area contributed by atoms with Gasteiger partial charge in [0.1, 0.15) is 29.9 Å². The lowest BCUT2D eigenvalue weighted by Gasteiger charge is -2.48. The van der Waals surface area contributed by atoms with Crippen molar-refractivity contribution in [2.75, 3.05) is 24.8 Å². The summed E-state index contributed by atoms with van der Waals surface area (Å²) >= 11 is 2.36. The third-order valence-corrected chi connectivity index (χ3v) is 6.87. The van der Waals surface area contributed by atoms with Crippen LogP contribution in [-0.4, -0.2) is 88.7 Å². The van der Waals surface area contributed by atoms with Gasteiger partial charge in [0.25, 0.3) is 11.8 Å². The number of oxime groups is 1. The number of thioether (sulfide) groups is 1. The summed E-state index contributed by atoms with van der Waals surface area (Å²) in [6.45, 7) is 4.52. The molecular formula is C21H26N6O9S2. The van der Waals surface area contributed by atoms with Gasteiger partial charge in [-0.15, -0.1) is 23.1 Å². The van der Waals surface area contributed by atoms with Crippen LogP contribution in [-0.2, 0) is 38.2 Å².